The average Bonchev–Trinajstić information content (AvgIpc) is 3.17. The van der Waals surface area contributed by atoms with Crippen LogP contribution >= 0.6 is 0 Å². The molecule has 0 bridgehead atoms. The van der Waals surface area contributed by atoms with Gasteiger partial charge in [-0.2, -0.15) is 0 Å². The minimum Gasteiger partial charge on any atom is -0.496 e. The molecule has 176 valence electrons. The number of imidazole rings is 1. The van der Waals surface area contributed by atoms with Gasteiger partial charge < -0.3 is 25.1 Å². The molecule has 1 aromatic heterocycles. The lowest BCUT2D eigenvalue weighted by atomic mass is 9.85. The number of aromatic nitrogens is 2. The van der Waals surface area contributed by atoms with Crippen LogP contribution in [-0.4, -0.2) is 42.8 Å². The molecule has 0 saturated heterocycles. The van der Waals surface area contributed by atoms with Crippen molar-refractivity contribution in [2.75, 3.05) is 32.6 Å². The molecule has 2 aromatic carbocycles. The van der Waals surface area contributed by atoms with Crippen molar-refractivity contribution in [3.05, 3.63) is 52.4 Å². The lowest BCUT2D eigenvalue weighted by Gasteiger charge is -2.28. The third-order valence-electron chi connectivity index (χ3n) is 6.43. The molecule has 4 rings (SSSR count). The molecular weight excluding hydrogens is 420 g/mol. The van der Waals surface area contributed by atoms with E-state index in [0.29, 0.717) is 12.4 Å². The number of hydrogen-bond acceptors (Lipinski definition) is 5. The third kappa shape index (κ3) is 4.90. The molecular formula is C25H32N4O4. The van der Waals surface area contributed by atoms with Crippen molar-refractivity contribution >= 4 is 22.6 Å². The van der Waals surface area contributed by atoms with Crippen LogP contribution in [0.1, 0.15) is 37.3 Å². The summed E-state index contributed by atoms with van der Waals surface area (Å²) < 4.78 is 13.0. The Morgan fingerprint density at radius 3 is 2.67 bits per heavy atom. The average molecular weight is 453 g/mol. The highest BCUT2D eigenvalue weighted by molar-refractivity contribution is 5.92. The highest BCUT2D eigenvalue weighted by Gasteiger charge is 2.29. The Morgan fingerprint density at radius 2 is 1.94 bits per heavy atom. The summed E-state index contributed by atoms with van der Waals surface area (Å²) in [7, 11) is 3.50. The van der Waals surface area contributed by atoms with Gasteiger partial charge in [-0.25, -0.2) is 4.79 Å². The number of benzene rings is 2. The maximum Gasteiger partial charge on any atom is 0.326 e. The van der Waals surface area contributed by atoms with Crippen LogP contribution in [0.25, 0.3) is 11.0 Å². The van der Waals surface area contributed by atoms with Gasteiger partial charge in [0, 0.05) is 30.3 Å². The smallest absolute Gasteiger partial charge is 0.326 e. The summed E-state index contributed by atoms with van der Waals surface area (Å²) in [4.78, 5) is 28.6. The molecule has 1 aliphatic rings. The molecule has 0 atom stereocenters. The first-order valence-electron chi connectivity index (χ1n) is 11.5. The Hall–Kier alpha value is -3.26. The molecule has 0 unspecified atom stereocenters. The number of H-pyrrole nitrogens is 1. The van der Waals surface area contributed by atoms with Gasteiger partial charge in [0.25, 0.3) is 0 Å². The Morgan fingerprint density at radius 1 is 1.15 bits per heavy atom. The molecule has 1 amide bonds. The summed E-state index contributed by atoms with van der Waals surface area (Å²) in [5.74, 6) is 1.38. The summed E-state index contributed by atoms with van der Waals surface area (Å²) in [6.45, 7) is 3.22. The molecule has 1 saturated carbocycles. The monoisotopic (exact) mass is 452 g/mol. The van der Waals surface area contributed by atoms with E-state index in [4.69, 9.17) is 9.47 Å². The molecule has 3 N–H and O–H groups in total. The summed E-state index contributed by atoms with van der Waals surface area (Å²) in [6.07, 6.45) is 3.01. The first-order chi connectivity index (χ1) is 16.0. The number of nitrogens with zero attached hydrogens (tertiary/aromatic N) is 1. The number of methoxy groups -OCH3 is 1. The summed E-state index contributed by atoms with van der Waals surface area (Å²) in [6, 6.07) is 11.5. The number of likely N-dealkylation sites (N-methyl/N-ethyl adjacent to an activating group) is 1. The van der Waals surface area contributed by atoms with Crippen molar-refractivity contribution in [2.45, 2.75) is 38.6 Å². The van der Waals surface area contributed by atoms with E-state index < -0.39 is 0 Å². The predicted molar refractivity (Wildman–Crippen MR) is 129 cm³/mol. The zero-order chi connectivity index (χ0) is 23.4. The molecule has 1 fully saturated rings. The van der Waals surface area contributed by atoms with Gasteiger partial charge in [0.1, 0.15) is 23.6 Å². The summed E-state index contributed by atoms with van der Waals surface area (Å²) in [5.41, 5.74) is 3.21. The fourth-order valence-corrected chi connectivity index (χ4v) is 4.61. The summed E-state index contributed by atoms with van der Waals surface area (Å²) in [5, 5.41) is 6.07. The normalized spacial score (nSPS) is 18.3. The number of hydrogen-bond donors (Lipinski definition) is 3. The van der Waals surface area contributed by atoms with E-state index in [0.717, 1.165) is 60.3 Å². The van der Waals surface area contributed by atoms with Gasteiger partial charge in [-0.15, -0.1) is 0 Å². The Balaban J connectivity index is 1.43. The number of nitrogens with one attached hydrogen (secondary N) is 3. The van der Waals surface area contributed by atoms with Gasteiger partial charge in [-0.3, -0.25) is 9.36 Å². The van der Waals surface area contributed by atoms with Crippen LogP contribution in [0.4, 0.5) is 5.69 Å². The molecule has 0 aliphatic heterocycles. The molecule has 1 heterocycles. The number of aryl methyl sites for hydroxylation is 1. The maximum atomic E-state index is 12.8. The second kappa shape index (κ2) is 10.1. The molecule has 8 heteroatoms. The number of fused-ring (bicyclic) bond motifs is 1. The van der Waals surface area contributed by atoms with Crippen LogP contribution in [0, 0.1) is 12.8 Å². The Labute approximate surface area is 193 Å². The van der Waals surface area contributed by atoms with E-state index in [9.17, 15) is 9.59 Å². The van der Waals surface area contributed by atoms with Crippen LogP contribution in [0.5, 0.6) is 11.5 Å². The zero-order valence-corrected chi connectivity index (χ0v) is 19.4. The zero-order valence-electron chi connectivity index (χ0n) is 19.4. The number of para-hydroxylation sites is 1. The minimum absolute atomic E-state index is 0.0193. The van der Waals surface area contributed by atoms with Crippen LogP contribution < -0.4 is 25.8 Å². The first-order valence-corrected chi connectivity index (χ1v) is 11.5. The van der Waals surface area contributed by atoms with Crippen LogP contribution in [0.3, 0.4) is 0 Å². The topological polar surface area (TPSA) is 97.4 Å². The highest BCUT2D eigenvalue weighted by atomic mass is 16.5. The van der Waals surface area contributed by atoms with Crippen molar-refractivity contribution in [1.29, 1.82) is 0 Å². The second-order valence-corrected chi connectivity index (χ2v) is 8.58. The van der Waals surface area contributed by atoms with Crippen molar-refractivity contribution in [3.8, 4) is 11.5 Å². The van der Waals surface area contributed by atoms with Gasteiger partial charge in [-0.1, -0.05) is 12.1 Å². The number of aromatic amines is 1. The lowest BCUT2D eigenvalue weighted by molar-refractivity contribution is -0.121. The predicted octanol–water partition coefficient (Wildman–Crippen LogP) is 3.61. The summed E-state index contributed by atoms with van der Waals surface area (Å²) >= 11 is 0. The second-order valence-electron chi connectivity index (χ2n) is 8.58. The number of carbonyl (C=O) groups excluding carboxylic acids is 1. The van der Waals surface area contributed by atoms with Crippen molar-refractivity contribution in [2.24, 2.45) is 5.92 Å². The fraction of sp³-hybridized carbons (Fsp3) is 0.440. The number of ether oxygens (including phenoxy) is 2. The molecule has 33 heavy (non-hydrogen) atoms. The van der Waals surface area contributed by atoms with Gasteiger partial charge >= 0.3 is 5.69 Å². The fourth-order valence-electron chi connectivity index (χ4n) is 4.61. The van der Waals surface area contributed by atoms with E-state index >= 15 is 0 Å². The van der Waals surface area contributed by atoms with E-state index in [-0.39, 0.29) is 23.6 Å². The van der Waals surface area contributed by atoms with E-state index in [2.05, 4.69) is 15.6 Å². The van der Waals surface area contributed by atoms with Gasteiger partial charge in [-0.05, 0) is 63.4 Å². The third-order valence-corrected chi connectivity index (χ3v) is 6.43. The molecule has 1 aliphatic carbocycles. The van der Waals surface area contributed by atoms with E-state index in [1.54, 1.807) is 7.11 Å². The van der Waals surface area contributed by atoms with Crippen molar-refractivity contribution in [1.82, 2.24) is 14.9 Å². The minimum atomic E-state index is -0.130. The van der Waals surface area contributed by atoms with Crippen LogP contribution in [0.2, 0.25) is 0 Å². The number of rotatable bonds is 8. The first kappa shape index (κ1) is 22.9. The lowest BCUT2D eigenvalue weighted by Crippen LogP contribution is -2.31. The Bertz CT molecular complexity index is 1170. The SMILES string of the molecule is CNCCOc1cccc2c1[nH]c(=O)n2[C@H]1CC[C@@H](C(=O)Nc2ccc(C)c(OC)c2)CC1. The van der Waals surface area contributed by atoms with Crippen molar-refractivity contribution < 1.29 is 14.3 Å². The quantitative estimate of drug-likeness (QED) is 0.454. The molecule has 3 aromatic rings. The maximum absolute atomic E-state index is 12.8. The van der Waals surface area contributed by atoms with E-state index in [1.807, 2.05) is 54.9 Å². The molecule has 0 radical (unpaired) electrons. The number of anilines is 1. The number of carbonyl (C=O) groups is 1. The van der Waals surface area contributed by atoms with Gasteiger partial charge in [0.15, 0.2) is 0 Å². The standard InChI is InChI=1S/C25H32N4O4/c1-16-7-10-18(15-22(16)32-3)27-24(30)17-8-11-19(12-9-17)29-20-5-4-6-21(33-14-13-26-2)23(20)28-25(29)31/h4-7,10,15,17,19,26H,8-9,11-14H2,1-3H3,(H,27,30)(H,28,31)/t17-,19+. The van der Waals surface area contributed by atoms with Crippen LogP contribution in [0.15, 0.2) is 41.2 Å². The number of amides is 1. The Kier molecular flexibility index (Phi) is 7.03. The van der Waals surface area contributed by atoms with Crippen LogP contribution in [-0.2, 0) is 4.79 Å². The van der Waals surface area contributed by atoms with Gasteiger partial charge in [0.2, 0.25) is 5.91 Å². The molecule has 0 spiro atoms. The highest BCUT2D eigenvalue weighted by Crippen LogP contribution is 2.35. The van der Waals surface area contributed by atoms with E-state index in [1.165, 1.54) is 0 Å². The van der Waals surface area contributed by atoms with Gasteiger partial charge in [0.05, 0.1) is 12.6 Å². The molecule has 8 nitrogen and oxygen atoms in total. The van der Waals surface area contributed by atoms with Crippen molar-refractivity contribution in [3.63, 3.8) is 0 Å². The largest absolute Gasteiger partial charge is 0.496 e.